The van der Waals surface area contributed by atoms with Gasteiger partial charge in [0.05, 0.1) is 0 Å². The van der Waals surface area contributed by atoms with Gasteiger partial charge in [-0.3, -0.25) is 9.59 Å². The highest BCUT2D eigenvalue weighted by atomic mass is 16.5. The summed E-state index contributed by atoms with van der Waals surface area (Å²) in [5, 5.41) is 16.4. The number of rotatable bonds is 11. The van der Waals surface area contributed by atoms with Crippen LogP contribution in [0.15, 0.2) is 53.1 Å². The van der Waals surface area contributed by atoms with Crippen LogP contribution in [0.5, 0.6) is 0 Å². The smallest absolute Gasteiger partial charge is 0.303 e. The van der Waals surface area contributed by atoms with E-state index < -0.39 is 5.97 Å². The molecule has 1 atom stereocenters. The molecule has 0 aliphatic heterocycles. The average Bonchev–Trinajstić information content (AvgIpc) is 3.27. The van der Waals surface area contributed by atoms with Gasteiger partial charge in [-0.15, -0.1) is 0 Å². The molecule has 3 rings (SSSR count). The highest BCUT2D eigenvalue weighted by Gasteiger charge is 2.19. The highest BCUT2D eigenvalue weighted by molar-refractivity contribution is 5.96. The zero-order chi connectivity index (χ0) is 25.6. The SMILES string of the molecule is CC(C)[C@@H](Cc1noc(-c2ccc(C(C)(C)C)cc2)n1)Nc1ccc(C(=O)CCCC(=O)O)cc1. The molecule has 0 saturated heterocycles. The lowest BCUT2D eigenvalue weighted by Gasteiger charge is -2.22. The molecule has 0 bridgehead atoms. The van der Waals surface area contributed by atoms with E-state index in [4.69, 9.17) is 9.63 Å². The number of aromatic nitrogens is 2. The van der Waals surface area contributed by atoms with Crippen molar-refractivity contribution >= 4 is 17.4 Å². The third-order valence-electron chi connectivity index (χ3n) is 6.03. The van der Waals surface area contributed by atoms with Gasteiger partial charge in [0, 0.05) is 42.1 Å². The molecule has 186 valence electrons. The Kier molecular flexibility index (Phi) is 8.43. The van der Waals surface area contributed by atoms with Crippen molar-refractivity contribution < 1.29 is 19.2 Å². The molecule has 0 amide bonds. The molecule has 0 aliphatic rings. The van der Waals surface area contributed by atoms with Gasteiger partial charge in [0.1, 0.15) is 0 Å². The number of hydrogen-bond donors (Lipinski definition) is 2. The van der Waals surface area contributed by atoms with Crippen molar-refractivity contribution in [2.45, 2.75) is 71.8 Å². The maximum absolute atomic E-state index is 12.3. The van der Waals surface area contributed by atoms with E-state index >= 15 is 0 Å². The van der Waals surface area contributed by atoms with Crippen molar-refractivity contribution in [3.63, 3.8) is 0 Å². The molecule has 35 heavy (non-hydrogen) atoms. The predicted molar refractivity (Wildman–Crippen MR) is 137 cm³/mol. The molecule has 0 fully saturated rings. The number of carboxylic acids is 1. The minimum absolute atomic E-state index is 0.00146. The fourth-order valence-electron chi connectivity index (χ4n) is 3.73. The fraction of sp³-hybridized carbons (Fsp3) is 0.429. The van der Waals surface area contributed by atoms with Crippen molar-refractivity contribution in [2.24, 2.45) is 5.92 Å². The van der Waals surface area contributed by atoms with E-state index in [1.807, 2.05) is 24.3 Å². The van der Waals surface area contributed by atoms with Gasteiger partial charge in [0.2, 0.25) is 0 Å². The number of carbonyl (C=O) groups excluding carboxylic acids is 1. The first-order valence-electron chi connectivity index (χ1n) is 12.1. The van der Waals surface area contributed by atoms with E-state index in [1.165, 1.54) is 5.56 Å². The Morgan fingerprint density at radius 1 is 1.00 bits per heavy atom. The monoisotopic (exact) mass is 477 g/mol. The van der Waals surface area contributed by atoms with E-state index in [-0.39, 0.29) is 30.1 Å². The summed E-state index contributed by atoms with van der Waals surface area (Å²) >= 11 is 0. The molecule has 0 aliphatic carbocycles. The van der Waals surface area contributed by atoms with E-state index in [0.29, 0.717) is 36.0 Å². The molecule has 0 unspecified atom stereocenters. The number of ketones is 1. The number of anilines is 1. The van der Waals surface area contributed by atoms with Crippen LogP contribution in [0.1, 0.15) is 75.6 Å². The van der Waals surface area contributed by atoms with Crippen molar-refractivity contribution in [3.05, 3.63) is 65.5 Å². The van der Waals surface area contributed by atoms with Crippen molar-refractivity contribution in [1.82, 2.24) is 10.1 Å². The highest BCUT2D eigenvalue weighted by Crippen LogP contribution is 2.26. The third kappa shape index (κ3) is 7.50. The van der Waals surface area contributed by atoms with Crippen LogP contribution in [0.3, 0.4) is 0 Å². The van der Waals surface area contributed by atoms with Crippen LogP contribution >= 0.6 is 0 Å². The summed E-state index contributed by atoms with van der Waals surface area (Å²) in [6.07, 6.45) is 1.17. The lowest BCUT2D eigenvalue weighted by molar-refractivity contribution is -0.137. The summed E-state index contributed by atoms with van der Waals surface area (Å²) in [4.78, 5) is 27.5. The van der Waals surface area contributed by atoms with E-state index in [2.05, 4.69) is 62.2 Å². The van der Waals surface area contributed by atoms with Crippen LogP contribution in [0.4, 0.5) is 5.69 Å². The fourth-order valence-corrected chi connectivity index (χ4v) is 3.73. The summed E-state index contributed by atoms with van der Waals surface area (Å²) < 4.78 is 5.53. The topological polar surface area (TPSA) is 105 Å². The average molecular weight is 478 g/mol. The molecule has 7 nitrogen and oxygen atoms in total. The quantitative estimate of drug-likeness (QED) is 0.319. The molecule has 2 N–H and O–H groups in total. The summed E-state index contributed by atoms with van der Waals surface area (Å²) in [5.41, 5.74) is 3.71. The normalized spacial score (nSPS) is 12.5. The zero-order valence-corrected chi connectivity index (χ0v) is 21.2. The molecule has 7 heteroatoms. The Balaban J connectivity index is 1.62. The second kappa shape index (κ2) is 11.3. The maximum atomic E-state index is 12.3. The van der Waals surface area contributed by atoms with Crippen LogP contribution in [0.25, 0.3) is 11.5 Å². The van der Waals surface area contributed by atoms with Crippen molar-refractivity contribution in [3.8, 4) is 11.5 Å². The molecule has 0 radical (unpaired) electrons. The Labute approximate surface area is 207 Å². The van der Waals surface area contributed by atoms with Gasteiger partial charge in [-0.2, -0.15) is 4.98 Å². The van der Waals surface area contributed by atoms with Gasteiger partial charge < -0.3 is 14.9 Å². The summed E-state index contributed by atoms with van der Waals surface area (Å²) in [7, 11) is 0. The number of nitrogens with zero attached hydrogens (tertiary/aromatic N) is 2. The Hall–Kier alpha value is -3.48. The van der Waals surface area contributed by atoms with Gasteiger partial charge in [-0.05, 0) is 59.7 Å². The Bertz CT molecular complexity index is 1130. The number of nitrogens with one attached hydrogen (secondary N) is 1. The number of benzene rings is 2. The predicted octanol–water partition coefficient (Wildman–Crippen LogP) is 6.15. The van der Waals surface area contributed by atoms with Gasteiger partial charge in [-0.25, -0.2) is 0 Å². The molecular formula is C28H35N3O4. The number of Topliss-reactive ketones (excluding diaryl/α,β-unsaturated/α-hetero) is 1. The second-order valence-electron chi connectivity index (χ2n) is 10.3. The zero-order valence-electron chi connectivity index (χ0n) is 21.2. The minimum Gasteiger partial charge on any atom is -0.481 e. The van der Waals surface area contributed by atoms with Crippen LogP contribution in [0.2, 0.25) is 0 Å². The van der Waals surface area contributed by atoms with Gasteiger partial charge >= 0.3 is 5.97 Å². The second-order valence-corrected chi connectivity index (χ2v) is 10.3. The number of carbonyl (C=O) groups is 2. The number of hydrogen-bond acceptors (Lipinski definition) is 6. The number of carboxylic acid groups (broad SMARTS) is 1. The molecule has 0 saturated carbocycles. The first-order chi connectivity index (χ1) is 16.5. The molecule has 3 aromatic rings. The Morgan fingerprint density at radius 3 is 2.23 bits per heavy atom. The summed E-state index contributed by atoms with van der Waals surface area (Å²) in [6.45, 7) is 10.8. The van der Waals surface area contributed by atoms with Gasteiger partial charge in [0.25, 0.3) is 5.89 Å². The molecule has 0 spiro atoms. The number of aliphatic carboxylic acids is 1. The van der Waals surface area contributed by atoms with Crippen molar-refractivity contribution in [2.75, 3.05) is 5.32 Å². The van der Waals surface area contributed by atoms with E-state index in [0.717, 1.165) is 11.3 Å². The van der Waals surface area contributed by atoms with E-state index in [1.54, 1.807) is 12.1 Å². The molecule has 1 aromatic heterocycles. The summed E-state index contributed by atoms with van der Waals surface area (Å²) in [6, 6.07) is 15.6. The first kappa shape index (κ1) is 26.1. The Morgan fingerprint density at radius 2 is 1.66 bits per heavy atom. The van der Waals surface area contributed by atoms with Gasteiger partial charge in [0.15, 0.2) is 11.6 Å². The maximum Gasteiger partial charge on any atom is 0.303 e. The standard InChI is InChI=1S/C28H35N3O4/c1-18(2)23(29-22-15-11-19(12-16-22)24(32)7-6-8-26(33)34)17-25-30-27(35-31-25)20-9-13-21(14-10-20)28(3,4)5/h9-16,18,23,29H,6-8,17H2,1-5H3,(H,33,34)/t23-/m1/s1. The molecule has 2 aromatic carbocycles. The third-order valence-corrected chi connectivity index (χ3v) is 6.03. The largest absolute Gasteiger partial charge is 0.481 e. The lowest BCUT2D eigenvalue weighted by atomic mass is 9.87. The first-order valence-corrected chi connectivity index (χ1v) is 12.1. The van der Waals surface area contributed by atoms with Crippen LogP contribution in [-0.2, 0) is 16.6 Å². The molecular weight excluding hydrogens is 442 g/mol. The van der Waals surface area contributed by atoms with Crippen LogP contribution < -0.4 is 5.32 Å². The van der Waals surface area contributed by atoms with E-state index in [9.17, 15) is 9.59 Å². The summed E-state index contributed by atoms with van der Waals surface area (Å²) in [5.74, 6) is 0.516. The minimum atomic E-state index is -0.885. The van der Waals surface area contributed by atoms with Crippen LogP contribution in [0, 0.1) is 5.92 Å². The van der Waals surface area contributed by atoms with Gasteiger partial charge in [-0.1, -0.05) is 51.9 Å². The van der Waals surface area contributed by atoms with Crippen LogP contribution in [-0.4, -0.2) is 33.0 Å². The van der Waals surface area contributed by atoms with Crippen molar-refractivity contribution in [1.29, 1.82) is 0 Å². The molecule has 1 heterocycles. The lowest BCUT2D eigenvalue weighted by Crippen LogP contribution is -2.28.